The molecule has 0 unspecified atom stereocenters. The fraction of sp³-hybridized carbons (Fsp3) is 0.520. The molecule has 0 atom stereocenters. The number of benzene rings is 1. The van der Waals surface area contributed by atoms with Crippen molar-refractivity contribution < 1.29 is 9.90 Å². The molecule has 1 aliphatic carbocycles. The third-order valence-electron chi connectivity index (χ3n) is 5.78. The highest BCUT2D eigenvalue weighted by atomic mass is 16.4. The quantitative estimate of drug-likeness (QED) is 0.454. The van der Waals surface area contributed by atoms with Crippen LogP contribution in [0.3, 0.4) is 0 Å². The Kier molecular flexibility index (Phi) is 6.77. The van der Waals surface area contributed by atoms with Gasteiger partial charge in [-0.1, -0.05) is 60.3 Å². The molecule has 0 aromatic heterocycles. The molecular weight excluding hydrogens is 360 g/mol. The number of rotatable bonds is 7. The van der Waals surface area contributed by atoms with Crippen molar-refractivity contribution in [2.75, 3.05) is 11.4 Å². The Balaban J connectivity index is 2.58. The maximum Gasteiger partial charge on any atom is 0.336 e. The van der Waals surface area contributed by atoms with Crippen molar-refractivity contribution in [3.05, 3.63) is 52.9 Å². The van der Waals surface area contributed by atoms with E-state index in [-0.39, 0.29) is 16.4 Å². The van der Waals surface area contributed by atoms with Gasteiger partial charge >= 0.3 is 5.97 Å². The van der Waals surface area contributed by atoms with E-state index < -0.39 is 5.97 Å². The zero-order valence-electron chi connectivity index (χ0n) is 19.1. The van der Waals surface area contributed by atoms with Gasteiger partial charge in [0.1, 0.15) is 5.82 Å². The molecule has 0 saturated carbocycles. The first kappa shape index (κ1) is 22.9. The molecule has 1 aliphatic rings. The van der Waals surface area contributed by atoms with Gasteiger partial charge in [0.2, 0.25) is 0 Å². The summed E-state index contributed by atoms with van der Waals surface area (Å²) in [7, 11) is 0. The molecule has 0 saturated heterocycles. The van der Waals surface area contributed by atoms with Gasteiger partial charge in [-0.05, 0) is 59.8 Å². The normalized spacial score (nSPS) is 16.2. The Morgan fingerprint density at radius 1 is 1.34 bits per heavy atom. The summed E-state index contributed by atoms with van der Waals surface area (Å²) in [6.07, 6.45) is 6.05. The zero-order valence-corrected chi connectivity index (χ0v) is 19.1. The molecule has 1 N–H and O–H groups in total. The number of allylic oxidation sites excluding steroid dienone is 1. The largest absolute Gasteiger partial charge is 0.478 e. The second kappa shape index (κ2) is 8.56. The number of aliphatic imine (C=N–C) groups is 1. The van der Waals surface area contributed by atoms with E-state index in [2.05, 4.69) is 70.1 Å². The van der Waals surface area contributed by atoms with Crippen molar-refractivity contribution in [3.8, 4) is 0 Å². The SMILES string of the molecule is C=C(/N=C\C(=C/C)C(=O)O)N(CCC)c1cc(C(C)(C)C)cc2c1CCC2(C)C. The van der Waals surface area contributed by atoms with Crippen molar-refractivity contribution in [3.63, 3.8) is 0 Å². The summed E-state index contributed by atoms with van der Waals surface area (Å²) in [5.74, 6) is -0.408. The Morgan fingerprint density at radius 3 is 2.52 bits per heavy atom. The lowest BCUT2D eigenvalue weighted by Gasteiger charge is -2.31. The van der Waals surface area contributed by atoms with E-state index in [1.54, 1.807) is 13.0 Å². The standard InChI is InChI=1S/C25H36N2O2/c1-9-13-27(17(3)26-16-18(10-2)23(28)29)22-15-19(24(4,5)6)14-21-20(22)11-12-25(21,7)8/h10,14-16H,3,9,11-13H2,1-2,4-8H3,(H,28,29)/b18-10+,26-16-. The lowest BCUT2D eigenvalue weighted by atomic mass is 9.80. The average Bonchev–Trinajstić information content (AvgIpc) is 2.93. The van der Waals surface area contributed by atoms with Crippen LogP contribution in [0.1, 0.15) is 78.0 Å². The van der Waals surface area contributed by atoms with Gasteiger partial charge in [0.25, 0.3) is 0 Å². The third-order valence-corrected chi connectivity index (χ3v) is 5.78. The molecule has 0 radical (unpaired) electrons. The van der Waals surface area contributed by atoms with Gasteiger partial charge in [-0.15, -0.1) is 0 Å². The second-order valence-corrected chi connectivity index (χ2v) is 9.53. The van der Waals surface area contributed by atoms with Crippen molar-refractivity contribution in [1.29, 1.82) is 0 Å². The summed E-state index contributed by atoms with van der Waals surface area (Å²) in [5.41, 5.74) is 5.60. The van der Waals surface area contributed by atoms with E-state index in [0.717, 1.165) is 25.8 Å². The number of carboxylic acids is 1. The molecular formula is C25H36N2O2. The van der Waals surface area contributed by atoms with Crippen LogP contribution in [0.5, 0.6) is 0 Å². The number of hydrogen-bond donors (Lipinski definition) is 1. The highest BCUT2D eigenvalue weighted by Gasteiger charge is 2.34. The predicted octanol–water partition coefficient (Wildman–Crippen LogP) is 6.00. The van der Waals surface area contributed by atoms with E-state index in [1.165, 1.54) is 28.6 Å². The van der Waals surface area contributed by atoms with Crippen LogP contribution < -0.4 is 4.90 Å². The van der Waals surface area contributed by atoms with Gasteiger partial charge in [0.05, 0.1) is 5.57 Å². The molecule has 29 heavy (non-hydrogen) atoms. The molecule has 0 bridgehead atoms. The molecule has 1 aromatic rings. The van der Waals surface area contributed by atoms with E-state index in [1.807, 2.05) is 0 Å². The smallest absolute Gasteiger partial charge is 0.336 e. The van der Waals surface area contributed by atoms with Crippen molar-refractivity contribution in [1.82, 2.24) is 0 Å². The molecule has 0 fully saturated rings. The van der Waals surface area contributed by atoms with Gasteiger partial charge in [-0.3, -0.25) is 0 Å². The van der Waals surface area contributed by atoms with Crippen LogP contribution >= 0.6 is 0 Å². The number of anilines is 1. The van der Waals surface area contributed by atoms with Crippen LogP contribution in [0.15, 0.2) is 41.2 Å². The van der Waals surface area contributed by atoms with E-state index in [9.17, 15) is 9.90 Å². The molecule has 2 rings (SSSR count). The first-order valence-corrected chi connectivity index (χ1v) is 10.5. The maximum atomic E-state index is 11.3. The number of aliphatic carboxylic acids is 1. The highest BCUT2D eigenvalue weighted by Crippen LogP contribution is 2.45. The monoisotopic (exact) mass is 396 g/mol. The lowest BCUT2D eigenvalue weighted by molar-refractivity contribution is -0.132. The van der Waals surface area contributed by atoms with Crippen LogP contribution in [-0.2, 0) is 22.0 Å². The number of fused-ring (bicyclic) bond motifs is 1. The Labute approximate surface area is 176 Å². The molecule has 4 heteroatoms. The Hall–Kier alpha value is -2.36. The van der Waals surface area contributed by atoms with Gasteiger partial charge in [-0.25, -0.2) is 9.79 Å². The number of nitrogens with zero attached hydrogens (tertiary/aromatic N) is 2. The predicted molar refractivity (Wildman–Crippen MR) is 123 cm³/mol. The van der Waals surface area contributed by atoms with Crippen LogP contribution in [0.2, 0.25) is 0 Å². The highest BCUT2D eigenvalue weighted by molar-refractivity contribution is 6.08. The number of hydrogen-bond acceptors (Lipinski definition) is 3. The Morgan fingerprint density at radius 2 is 2.00 bits per heavy atom. The van der Waals surface area contributed by atoms with Gasteiger partial charge in [0, 0.05) is 18.4 Å². The average molecular weight is 397 g/mol. The summed E-state index contributed by atoms with van der Waals surface area (Å²) < 4.78 is 0. The summed E-state index contributed by atoms with van der Waals surface area (Å²) in [6.45, 7) is 20.1. The van der Waals surface area contributed by atoms with E-state index >= 15 is 0 Å². The first-order chi connectivity index (χ1) is 13.4. The molecule has 0 amide bonds. The molecule has 158 valence electrons. The summed E-state index contributed by atoms with van der Waals surface area (Å²) in [5, 5.41) is 9.25. The van der Waals surface area contributed by atoms with Gasteiger partial charge in [-0.2, -0.15) is 0 Å². The van der Waals surface area contributed by atoms with E-state index in [4.69, 9.17) is 0 Å². The molecule has 0 aliphatic heterocycles. The Bertz CT molecular complexity index is 854. The van der Waals surface area contributed by atoms with Crippen LogP contribution in [0.25, 0.3) is 0 Å². The van der Waals surface area contributed by atoms with Gasteiger partial charge in [0.15, 0.2) is 0 Å². The minimum Gasteiger partial charge on any atom is -0.478 e. The number of carbonyl (C=O) groups is 1. The third kappa shape index (κ3) is 4.98. The topological polar surface area (TPSA) is 52.9 Å². The van der Waals surface area contributed by atoms with E-state index in [0.29, 0.717) is 5.82 Å². The van der Waals surface area contributed by atoms with Crippen molar-refractivity contribution in [2.24, 2.45) is 4.99 Å². The lowest BCUT2D eigenvalue weighted by Crippen LogP contribution is -2.25. The summed E-state index contributed by atoms with van der Waals surface area (Å²) in [6, 6.07) is 4.66. The minimum absolute atomic E-state index is 0.0341. The van der Waals surface area contributed by atoms with Crippen LogP contribution in [0, 0.1) is 0 Å². The summed E-state index contributed by atoms with van der Waals surface area (Å²) in [4.78, 5) is 17.9. The van der Waals surface area contributed by atoms with Crippen LogP contribution in [-0.4, -0.2) is 23.8 Å². The molecule has 0 spiro atoms. The molecule has 1 aromatic carbocycles. The fourth-order valence-corrected chi connectivity index (χ4v) is 3.85. The molecule has 4 nitrogen and oxygen atoms in total. The number of carboxylic acid groups (broad SMARTS) is 1. The maximum absolute atomic E-state index is 11.3. The van der Waals surface area contributed by atoms with Crippen molar-refractivity contribution in [2.45, 2.75) is 78.6 Å². The van der Waals surface area contributed by atoms with Gasteiger partial charge < -0.3 is 10.0 Å². The fourth-order valence-electron chi connectivity index (χ4n) is 3.85. The minimum atomic E-state index is -0.983. The van der Waals surface area contributed by atoms with Crippen LogP contribution in [0.4, 0.5) is 5.69 Å². The summed E-state index contributed by atoms with van der Waals surface area (Å²) >= 11 is 0. The zero-order chi connectivity index (χ0) is 22.0. The van der Waals surface area contributed by atoms with Crippen molar-refractivity contribution >= 4 is 17.9 Å². The molecule has 0 heterocycles. The first-order valence-electron chi connectivity index (χ1n) is 10.5. The second-order valence-electron chi connectivity index (χ2n) is 9.53.